The second-order valence-electron chi connectivity index (χ2n) is 9.54. The molecule has 8 nitrogen and oxygen atoms in total. The van der Waals surface area contributed by atoms with Crippen molar-refractivity contribution in [3.8, 4) is 11.3 Å². The molecule has 5 rings (SSSR count). The van der Waals surface area contributed by atoms with Gasteiger partial charge in [0, 0.05) is 37.2 Å². The number of carbonyl (C=O) groups excluding carboxylic acids is 2. The first kappa shape index (κ1) is 24.7. The molecule has 1 aromatic heterocycles. The third kappa shape index (κ3) is 5.12. The van der Waals surface area contributed by atoms with Gasteiger partial charge in [0.15, 0.2) is 0 Å². The van der Waals surface area contributed by atoms with Gasteiger partial charge < -0.3 is 15.5 Å². The molecule has 3 amide bonds. The van der Waals surface area contributed by atoms with Crippen LogP contribution in [0.15, 0.2) is 48.5 Å². The van der Waals surface area contributed by atoms with Gasteiger partial charge in [0.2, 0.25) is 11.9 Å². The first-order valence-electron chi connectivity index (χ1n) is 12.7. The Hall–Kier alpha value is -4.01. The van der Waals surface area contributed by atoms with Crippen molar-refractivity contribution in [1.29, 1.82) is 0 Å². The summed E-state index contributed by atoms with van der Waals surface area (Å²) in [5, 5.41) is 6.26. The lowest BCUT2D eigenvalue weighted by Gasteiger charge is -2.35. The number of nitrogens with one attached hydrogen (secondary N) is 2. The zero-order valence-electron chi connectivity index (χ0n) is 21.1. The highest BCUT2D eigenvalue weighted by molar-refractivity contribution is 5.96. The van der Waals surface area contributed by atoms with Crippen LogP contribution in [0.3, 0.4) is 0 Å². The van der Waals surface area contributed by atoms with Crippen LogP contribution in [-0.4, -0.2) is 46.4 Å². The Kier molecular flexibility index (Phi) is 7.03. The van der Waals surface area contributed by atoms with Gasteiger partial charge in [0.25, 0.3) is 0 Å². The molecule has 9 heteroatoms. The summed E-state index contributed by atoms with van der Waals surface area (Å²) in [7, 11) is 0. The molecule has 192 valence electrons. The Bertz CT molecular complexity index is 1320. The molecule has 3 heterocycles. The van der Waals surface area contributed by atoms with Crippen LogP contribution in [0.5, 0.6) is 0 Å². The molecule has 0 radical (unpaired) electrons. The average Bonchev–Trinajstić information content (AvgIpc) is 3.30. The van der Waals surface area contributed by atoms with E-state index in [0.29, 0.717) is 37.0 Å². The largest absolute Gasteiger partial charge is 0.354 e. The number of aryl methyl sites for hydroxylation is 1. The highest BCUT2D eigenvalue weighted by Crippen LogP contribution is 2.37. The molecule has 0 saturated carbocycles. The first-order chi connectivity index (χ1) is 17.9. The number of anilines is 2. The number of fused-ring (bicyclic) bond motifs is 1. The van der Waals surface area contributed by atoms with Crippen LogP contribution in [-0.2, 0) is 11.3 Å². The van der Waals surface area contributed by atoms with Gasteiger partial charge in [-0.05, 0) is 56.0 Å². The molecule has 0 bridgehead atoms. The van der Waals surface area contributed by atoms with Crippen LogP contribution in [0.2, 0.25) is 0 Å². The Labute approximate surface area is 215 Å². The quantitative estimate of drug-likeness (QED) is 0.432. The van der Waals surface area contributed by atoms with Crippen molar-refractivity contribution in [2.45, 2.75) is 45.7 Å². The fraction of sp³-hybridized carbons (Fsp3) is 0.357. The van der Waals surface area contributed by atoms with Gasteiger partial charge in [0.05, 0.1) is 18.3 Å². The summed E-state index contributed by atoms with van der Waals surface area (Å²) in [6.07, 6.45) is 2.29. The van der Waals surface area contributed by atoms with Crippen molar-refractivity contribution in [2.75, 3.05) is 29.9 Å². The van der Waals surface area contributed by atoms with E-state index in [2.05, 4.69) is 10.6 Å². The number of hydrogen-bond acceptors (Lipinski definition) is 5. The van der Waals surface area contributed by atoms with E-state index in [1.54, 1.807) is 11.0 Å². The maximum atomic E-state index is 13.9. The molecule has 37 heavy (non-hydrogen) atoms. The predicted molar refractivity (Wildman–Crippen MR) is 141 cm³/mol. The summed E-state index contributed by atoms with van der Waals surface area (Å²) in [5.74, 6) is 0.818. The van der Waals surface area contributed by atoms with E-state index < -0.39 is 0 Å². The minimum absolute atomic E-state index is 0.204. The molecule has 3 aromatic rings. The van der Waals surface area contributed by atoms with E-state index in [9.17, 15) is 14.0 Å². The highest BCUT2D eigenvalue weighted by atomic mass is 19.1. The van der Waals surface area contributed by atoms with E-state index in [-0.39, 0.29) is 30.3 Å². The molecule has 2 aliphatic rings. The lowest BCUT2D eigenvalue weighted by atomic mass is 9.99. The summed E-state index contributed by atoms with van der Waals surface area (Å²) in [6, 6.07) is 13.9. The summed E-state index contributed by atoms with van der Waals surface area (Å²) in [5.41, 5.74) is 3.96. The molecule has 1 saturated heterocycles. The Morgan fingerprint density at radius 3 is 2.68 bits per heavy atom. The summed E-state index contributed by atoms with van der Waals surface area (Å²) in [6.45, 7) is 6.15. The van der Waals surface area contributed by atoms with E-state index in [1.165, 1.54) is 12.1 Å². The Balaban J connectivity index is 1.50. The number of halogens is 1. The number of rotatable bonds is 8. The summed E-state index contributed by atoms with van der Waals surface area (Å²) >= 11 is 0. The molecule has 1 fully saturated rings. The predicted octanol–water partition coefficient (Wildman–Crippen LogP) is 4.81. The van der Waals surface area contributed by atoms with Gasteiger partial charge in [-0.3, -0.25) is 9.69 Å². The molecule has 0 unspecified atom stereocenters. The molecule has 2 aliphatic heterocycles. The van der Waals surface area contributed by atoms with Crippen molar-refractivity contribution in [1.82, 2.24) is 20.2 Å². The molecule has 0 spiro atoms. The van der Waals surface area contributed by atoms with Crippen LogP contribution in [0, 0.1) is 12.7 Å². The molecular formula is C28H31FN6O2. The molecule has 0 aliphatic carbocycles. The lowest BCUT2D eigenvalue weighted by Crippen LogP contribution is -2.46. The SMILES string of the molecule is Cc1cc(F)ccc1-c1nc(NCCCN2CCCC2=O)nc2c1CNC(=O)N2[C@@H](C)c1ccccc1. The number of urea groups is 1. The third-order valence-corrected chi connectivity index (χ3v) is 7.02. The molecule has 2 aromatic carbocycles. The van der Waals surface area contributed by atoms with Gasteiger partial charge in [-0.25, -0.2) is 14.2 Å². The van der Waals surface area contributed by atoms with Crippen molar-refractivity contribution in [2.24, 2.45) is 0 Å². The first-order valence-corrected chi connectivity index (χ1v) is 12.7. The van der Waals surface area contributed by atoms with Gasteiger partial charge in [0.1, 0.15) is 11.6 Å². The highest BCUT2D eigenvalue weighted by Gasteiger charge is 2.33. The van der Waals surface area contributed by atoms with E-state index in [4.69, 9.17) is 9.97 Å². The van der Waals surface area contributed by atoms with Crippen molar-refractivity contribution in [3.63, 3.8) is 0 Å². The van der Waals surface area contributed by atoms with Gasteiger partial charge in [-0.15, -0.1) is 0 Å². The topological polar surface area (TPSA) is 90.5 Å². The maximum Gasteiger partial charge on any atom is 0.323 e. The fourth-order valence-electron chi connectivity index (χ4n) is 5.02. The van der Waals surface area contributed by atoms with E-state index in [1.807, 2.05) is 49.1 Å². The summed E-state index contributed by atoms with van der Waals surface area (Å²) < 4.78 is 13.9. The smallest absolute Gasteiger partial charge is 0.323 e. The van der Waals surface area contributed by atoms with Gasteiger partial charge >= 0.3 is 6.03 Å². The second-order valence-corrected chi connectivity index (χ2v) is 9.54. The minimum atomic E-state index is -0.313. The number of carbonyl (C=O) groups is 2. The van der Waals surface area contributed by atoms with E-state index >= 15 is 0 Å². The maximum absolute atomic E-state index is 13.9. The minimum Gasteiger partial charge on any atom is -0.354 e. The van der Waals surface area contributed by atoms with Gasteiger partial charge in [-0.1, -0.05) is 30.3 Å². The fourth-order valence-corrected chi connectivity index (χ4v) is 5.02. The van der Waals surface area contributed by atoms with Crippen molar-refractivity contribution >= 4 is 23.7 Å². The zero-order valence-corrected chi connectivity index (χ0v) is 21.1. The number of nitrogens with zero attached hydrogens (tertiary/aromatic N) is 4. The van der Waals surface area contributed by atoms with Crippen LogP contribution >= 0.6 is 0 Å². The van der Waals surface area contributed by atoms with Crippen LogP contribution in [0.25, 0.3) is 11.3 Å². The van der Waals surface area contributed by atoms with E-state index in [0.717, 1.165) is 41.6 Å². The summed E-state index contributed by atoms with van der Waals surface area (Å²) in [4.78, 5) is 38.2. The standard InChI is InChI=1S/C28H31FN6O2/c1-18-16-21(29)11-12-22(18)25-23-17-31-28(37)35(19(2)20-8-4-3-5-9-20)26(23)33-27(32-25)30-13-7-15-34-14-6-10-24(34)36/h3-5,8-9,11-12,16,19H,6-7,10,13-15,17H2,1-2H3,(H,31,37)(H,30,32,33)/t19-/m0/s1. The number of likely N-dealkylation sites (tertiary alicyclic amines) is 1. The Morgan fingerprint density at radius 1 is 1.14 bits per heavy atom. The average molecular weight is 503 g/mol. The third-order valence-electron chi connectivity index (χ3n) is 7.02. The normalized spacial score (nSPS) is 16.0. The number of hydrogen-bond donors (Lipinski definition) is 2. The Morgan fingerprint density at radius 2 is 1.95 bits per heavy atom. The second kappa shape index (κ2) is 10.5. The number of amides is 3. The monoisotopic (exact) mass is 502 g/mol. The molecule has 2 N–H and O–H groups in total. The number of aromatic nitrogens is 2. The van der Waals surface area contributed by atoms with Crippen LogP contribution < -0.4 is 15.5 Å². The van der Waals surface area contributed by atoms with Crippen molar-refractivity contribution < 1.29 is 14.0 Å². The zero-order chi connectivity index (χ0) is 25.9. The molecule has 1 atom stereocenters. The van der Waals surface area contributed by atoms with Crippen molar-refractivity contribution in [3.05, 3.63) is 71.0 Å². The number of benzene rings is 2. The lowest BCUT2D eigenvalue weighted by molar-refractivity contribution is -0.127. The van der Waals surface area contributed by atoms with Gasteiger partial charge in [-0.2, -0.15) is 4.98 Å². The van der Waals surface area contributed by atoms with Crippen LogP contribution in [0.4, 0.5) is 21.0 Å². The molecular weight excluding hydrogens is 471 g/mol. The van der Waals surface area contributed by atoms with Crippen LogP contribution in [0.1, 0.15) is 48.9 Å².